The minimum atomic E-state index is -1.54. The molecule has 4 aromatic rings. The first-order chi connectivity index (χ1) is 15.8. The molecular weight excluding hydrogens is 462 g/mol. The standard InChI is InChI=1S/C23H17N3O5S2/c1-13-4-2-5-14(10-13)12-32-23-25-17-9-8-15(11-19(17)33-23)24-21(27)16-6-3-7-18(26(30)31)20(16)22(28)29/h2-11H,12H2,1H3,(H,24,27)(H,28,29). The Kier molecular flexibility index (Phi) is 6.38. The lowest BCUT2D eigenvalue weighted by molar-refractivity contribution is -0.385. The number of anilines is 1. The van der Waals surface area contributed by atoms with Crippen LogP contribution in [0.2, 0.25) is 0 Å². The van der Waals surface area contributed by atoms with Crippen molar-refractivity contribution >= 4 is 56.6 Å². The van der Waals surface area contributed by atoms with Gasteiger partial charge in [-0.15, -0.1) is 11.3 Å². The number of carbonyl (C=O) groups is 2. The van der Waals surface area contributed by atoms with Crippen LogP contribution < -0.4 is 5.32 Å². The van der Waals surface area contributed by atoms with Gasteiger partial charge in [-0.3, -0.25) is 14.9 Å². The van der Waals surface area contributed by atoms with Gasteiger partial charge in [0.05, 0.1) is 20.7 Å². The molecule has 3 aromatic carbocycles. The van der Waals surface area contributed by atoms with Crippen LogP contribution in [0.25, 0.3) is 10.2 Å². The smallest absolute Gasteiger partial charge is 0.343 e. The number of carbonyl (C=O) groups excluding carboxylic acids is 1. The first-order valence-corrected chi connectivity index (χ1v) is 11.5. The van der Waals surface area contributed by atoms with Crippen LogP contribution in [0.4, 0.5) is 11.4 Å². The van der Waals surface area contributed by atoms with E-state index in [1.807, 2.05) is 6.07 Å². The molecule has 1 amide bonds. The number of thioether (sulfide) groups is 1. The maximum Gasteiger partial charge on any atom is 0.343 e. The molecule has 0 aliphatic carbocycles. The lowest BCUT2D eigenvalue weighted by Crippen LogP contribution is -2.17. The average Bonchev–Trinajstić information content (AvgIpc) is 3.19. The van der Waals surface area contributed by atoms with Gasteiger partial charge in [-0.25, -0.2) is 9.78 Å². The van der Waals surface area contributed by atoms with Crippen LogP contribution in [0.15, 0.2) is 65.0 Å². The number of fused-ring (bicyclic) bond motifs is 1. The van der Waals surface area contributed by atoms with E-state index in [1.165, 1.54) is 34.6 Å². The summed E-state index contributed by atoms with van der Waals surface area (Å²) in [5.74, 6) is -1.50. The fourth-order valence-electron chi connectivity index (χ4n) is 3.29. The number of nitro benzene ring substituents is 1. The molecule has 0 aliphatic rings. The second kappa shape index (κ2) is 9.39. The Morgan fingerprint density at radius 3 is 2.67 bits per heavy atom. The van der Waals surface area contributed by atoms with Crippen molar-refractivity contribution in [1.82, 2.24) is 4.98 Å². The number of carboxylic acid groups (broad SMARTS) is 1. The number of thiazole rings is 1. The second-order valence-electron chi connectivity index (χ2n) is 7.16. The maximum atomic E-state index is 12.7. The lowest BCUT2D eigenvalue weighted by Gasteiger charge is -2.08. The van der Waals surface area contributed by atoms with E-state index in [9.17, 15) is 24.8 Å². The van der Waals surface area contributed by atoms with E-state index < -0.39 is 28.1 Å². The number of carboxylic acids is 1. The zero-order valence-electron chi connectivity index (χ0n) is 17.3. The Hall–Kier alpha value is -3.76. The fraction of sp³-hybridized carbons (Fsp3) is 0.0870. The highest BCUT2D eigenvalue weighted by Crippen LogP contribution is 2.33. The summed E-state index contributed by atoms with van der Waals surface area (Å²) in [6, 6.07) is 17.0. The Labute approximate surface area is 196 Å². The molecule has 2 N–H and O–H groups in total. The SMILES string of the molecule is Cc1cccc(CSc2nc3ccc(NC(=O)c4cccc([N+](=O)[O-])c4C(=O)O)cc3s2)c1. The third kappa shape index (κ3) is 5.02. The first-order valence-electron chi connectivity index (χ1n) is 9.73. The van der Waals surface area contributed by atoms with Crippen LogP contribution in [-0.4, -0.2) is 26.9 Å². The molecule has 8 nitrogen and oxygen atoms in total. The third-order valence-corrected chi connectivity index (χ3v) is 7.00. The molecule has 0 saturated heterocycles. The predicted octanol–water partition coefficient (Wildman–Crippen LogP) is 5.76. The highest BCUT2D eigenvalue weighted by molar-refractivity contribution is 8.00. The number of aromatic nitrogens is 1. The zero-order valence-corrected chi connectivity index (χ0v) is 18.9. The number of amides is 1. The summed E-state index contributed by atoms with van der Waals surface area (Å²) in [5.41, 5.74) is 2.07. The fourth-order valence-corrected chi connectivity index (χ4v) is 5.35. The number of aromatic carboxylic acids is 1. The number of hydrogen-bond donors (Lipinski definition) is 2. The minimum Gasteiger partial charge on any atom is -0.477 e. The molecule has 0 fully saturated rings. The summed E-state index contributed by atoms with van der Waals surface area (Å²) in [7, 11) is 0. The summed E-state index contributed by atoms with van der Waals surface area (Å²) in [4.78, 5) is 39.3. The molecule has 0 radical (unpaired) electrons. The molecule has 1 aromatic heterocycles. The molecule has 1 heterocycles. The molecule has 0 saturated carbocycles. The number of nitro groups is 1. The lowest BCUT2D eigenvalue weighted by atomic mass is 10.0. The maximum absolute atomic E-state index is 12.7. The Bertz CT molecular complexity index is 1400. The molecule has 166 valence electrons. The van der Waals surface area contributed by atoms with Crippen molar-refractivity contribution in [3.63, 3.8) is 0 Å². The number of aryl methyl sites for hydroxylation is 1. The highest BCUT2D eigenvalue weighted by Gasteiger charge is 2.27. The number of rotatable bonds is 7. The second-order valence-corrected chi connectivity index (χ2v) is 9.41. The van der Waals surface area contributed by atoms with Crippen molar-refractivity contribution in [2.75, 3.05) is 5.32 Å². The summed E-state index contributed by atoms with van der Waals surface area (Å²) < 4.78 is 1.75. The zero-order chi connectivity index (χ0) is 23.5. The molecule has 10 heteroatoms. The van der Waals surface area contributed by atoms with Crippen LogP contribution in [0.5, 0.6) is 0 Å². The summed E-state index contributed by atoms with van der Waals surface area (Å²) >= 11 is 3.11. The molecule has 0 aliphatic heterocycles. The van der Waals surface area contributed by atoms with E-state index in [-0.39, 0.29) is 5.56 Å². The van der Waals surface area contributed by atoms with Crippen molar-refractivity contribution in [3.8, 4) is 0 Å². The van der Waals surface area contributed by atoms with Gasteiger partial charge in [0.15, 0.2) is 4.34 Å². The number of benzene rings is 3. The van der Waals surface area contributed by atoms with Crippen molar-refractivity contribution in [1.29, 1.82) is 0 Å². The molecule has 0 unspecified atom stereocenters. The normalized spacial score (nSPS) is 10.8. The van der Waals surface area contributed by atoms with Crippen molar-refractivity contribution < 1.29 is 19.6 Å². The van der Waals surface area contributed by atoms with Gasteiger partial charge in [-0.2, -0.15) is 0 Å². The van der Waals surface area contributed by atoms with Crippen LogP contribution in [0.1, 0.15) is 31.8 Å². The van der Waals surface area contributed by atoms with E-state index in [2.05, 4.69) is 35.4 Å². The van der Waals surface area contributed by atoms with Gasteiger partial charge in [0.25, 0.3) is 11.6 Å². The molecular formula is C23H17N3O5S2. The number of nitrogens with one attached hydrogen (secondary N) is 1. The van der Waals surface area contributed by atoms with Crippen LogP contribution >= 0.6 is 23.1 Å². The third-order valence-electron chi connectivity index (χ3n) is 4.77. The molecule has 0 atom stereocenters. The summed E-state index contributed by atoms with van der Waals surface area (Å²) in [6.45, 7) is 2.05. The summed E-state index contributed by atoms with van der Waals surface area (Å²) in [5, 5.41) is 23.2. The van der Waals surface area contributed by atoms with Gasteiger partial charge >= 0.3 is 5.97 Å². The van der Waals surface area contributed by atoms with Gasteiger partial charge in [-0.05, 0) is 36.8 Å². The molecule has 4 rings (SSSR count). The Morgan fingerprint density at radius 1 is 1.15 bits per heavy atom. The molecule has 0 spiro atoms. The van der Waals surface area contributed by atoms with E-state index in [1.54, 1.807) is 30.0 Å². The Morgan fingerprint density at radius 2 is 1.94 bits per heavy atom. The quantitative estimate of drug-likeness (QED) is 0.196. The summed E-state index contributed by atoms with van der Waals surface area (Å²) in [6.07, 6.45) is 0. The average molecular weight is 480 g/mol. The van der Waals surface area contributed by atoms with Gasteiger partial charge in [0.2, 0.25) is 0 Å². The molecule has 33 heavy (non-hydrogen) atoms. The minimum absolute atomic E-state index is 0.282. The van der Waals surface area contributed by atoms with Gasteiger partial charge in [0.1, 0.15) is 5.56 Å². The monoisotopic (exact) mass is 479 g/mol. The predicted molar refractivity (Wildman–Crippen MR) is 128 cm³/mol. The van der Waals surface area contributed by atoms with Crippen molar-refractivity contribution in [3.05, 3.63) is 93.0 Å². The van der Waals surface area contributed by atoms with E-state index in [0.717, 1.165) is 26.4 Å². The van der Waals surface area contributed by atoms with E-state index in [4.69, 9.17) is 0 Å². The number of hydrogen-bond acceptors (Lipinski definition) is 7. The molecule has 0 bridgehead atoms. The number of nitrogens with zero attached hydrogens (tertiary/aromatic N) is 2. The van der Waals surface area contributed by atoms with Crippen LogP contribution in [-0.2, 0) is 5.75 Å². The first kappa shape index (κ1) is 22.4. The van der Waals surface area contributed by atoms with E-state index >= 15 is 0 Å². The van der Waals surface area contributed by atoms with Gasteiger partial charge in [-0.1, -0.05) is 47.7 Å². The topological polar surface area (TPSA) is 122 Å². The van der Waals surface area contributed by atoms with Gasteiger partial charge in [0, 0.05) is 17.5 Å². The van der Waals surface area contributed by atoms with E-state index in [0.29, 0.717) is 5.69 Å². The van der Waals surface area contributed by atoms with Crippen molar-refractivity contribution in [2.45, 2.75) is 17.0 Å². The van der Waals surface area contributed by atoms with Crippen LogP contribution in [0.3, 0.4) is 0 Å². The van der Waals surface area contributed by atoms with Gasteiger partial charge < -0.3 is 10.4 Å². The Balaban J connectivity index is 1.54. The van der Waals surface area contributed by atoms with Crippen molar-refractivity contribution in [2.24, 2.45) is 0 Å². The van der Waals surface area contributed by atoms with Crippen LogP contribution in [0, 0.1) is 17.0 Å². The largest absolute Gasteiger partial charge is 0.477 e. The highest BCUT2D eigenvalue weighted by atomic mass is 32.2.